The van der Waals surface area contributed by atoms with E-state index in [0.29, 0.717) is 13.1 Å². The van der Waals surface area contributed by atoms with E-state index < -0.39 is 0 Å². The normalized spacial score (nSPS) is 11.8. The maximum atomic E-state index is 13.5. The third-order valence-electron chi connectivity index (χ3n) is 2.94. The summed E-state index contributed by atoms with van der Waals surface area (Å²) in [5.74, 6) is 0.514. The van der Waals surface area contributed by atoms with Crippen LogP contribution in [0.3, 0.4) is 0 Å². The van der Waals surface area contributed by atoms with Crippen molar-refractivity contribution in [1.29, 1.82) is 0 Å². The van der Waals surface area contributed by atoms with Crippen molar-refractivity contribution in [3.05, 3.63) is 36.3 Å². The van der Waals surface area contributed by atoms with Crippen molar-refractivity contribution in [1.82, 2.24) is 10.3 Å². The van der Waals surface area contributed by atoms with Gasteiger partial charge in [0.1, 0.15) is 11.6 Å². The summed E-state index contributed by atoms with van der Waals surface area (Å²) in [5, 5.41) is 3.38. The fourth-order valence-corrected chi connectivity index (χ4v) is 1.90. The minimum atomic E-state index is -0.304. The summed E-state index contributed by atoms with van der Waals surface area (Å²) >= 11 is 0. The van der Waals surface area contributed by atoms with E-state index in [2.05, 4.69) is 56.4 Å². The molecule has 0 bridgehead atoms. The number of pyridine rings is 1. The van der Waals surface area contributed by atoms with E-state index >= 15 is 0 Å². The van der Waals surface area contributed by atoms with Gasteiger partial charge in [-0.2, -0.15) is 0 Å². The highest BCUT2D eigenvalue weighted by Crippen LogP contribution is 2.21. The topological polar surface area (TPSA) is 28.2 Å². The Balaban J connectivity index is 3.07. The lowest BCUT2D eigenvalue weighted by atomic mass is 10.1. The zero-order valence-corrected chi connectivity index (χ0v) is 13.2. The minimum absolute atomic E-state index is 0.0231. The Kier molecular flexibility index (Phi) is 5.69. The third-order valence-corrected chi connectivity index (χ3v) is 2.94. The quantitative estimate of drug-likeness (QED) is 0.808. The summed E-state index contributed by atoms with van der Waals surface area (Å²) in [4.78, 5) is 6.40. The van der Waals surface area contributed by atoms with Crippen LogP contribution in [0.2, 0.25) is 0 Å². The van der Waals surface area contributed by atoms with E-state index in [1.165, 1.54) is 6.20 Å². The third kappa shape index (κ3) is 4.93. The molecule has 0 saturated carbocycles. The van der Waals surface area contributed by atoms with Gasteiger partial charge in [-0.3, -0.25) is 0 Å². The molecule has 112 valence electrons. The standard InChI is InChI=1S/C16H26FN3/c1-7-8-20(12(2)3)15-13(9-14(17)11-18-15)10-19-16(4,5)6/h7,9,11-12,19H,1,8,10H2,2-6H3. The summed E-state index contributed by atoms with van der Waals surface area (Å²) in [6.45, 7) is 15.5. The summed E-state index contributed by atoms with van der Waals surface area (Å²) in [6.07, 6.45) is 3.11. The number of nitrogens with one attached hydrogen (secondary N) is 1. The summed E-state index contributed by atoms with van der Waals surface area (Å²) in [5.41, 5.74) is 0.848. The lowest BCUT2D eigenvalue weighted by molar-refractivity contribution is 0.423. The molecule has 0 aliphatic carbocycles. The predicted molar refractivity (Wildman–Crippen MR) is 83.5 cm³/mol. The molecule has 1 heterocycles. The zero-order chi connectivity index (χ0) is 15.3. The van der Waals surface area contributed by atoms with Gasteiger partial charge in [0.15, 0.2) is 0 Å². The van der Waals surface area contributed by atoms with Crippen LogP contribution in [0.15, 0.2) is 24.9 Å². The van der Waals surface area contributed by atoms with Crippen LogP contribution in [0.25, 0.3) is 0 Å². The number of halogens is 1. The maximum Gasteiger partial charge on any atom is 0.141 e. The van der Waals surface area contributed by atoms with Gasteiger partial charge in [-0.1, -0.05) is 6.08 Å². The largest absolute Gasteiger partial charge is 0.350 e. The summed E-state index contributed by atoms with van der Waals surface area (Å²) < 4.78 is 13.5. The first-order chi connectivity index (χ1) is 9.24. The lowest BCUT2D eigenvalue weighted by Crippen LogP contribution is -2.37. The van der Waals surface area contributed by atoms with Crippen molar-refractivity contribution < 1.29 is 4.39 Å². The van der Waals surface area contributed by atoms with Crippen LogP contribution >= 0.6 is 0 Å². The Morgan fingerprint density at radius 1 is 1.45 bits per heavy atom. The van der Waals surface area contributed by atoms with E-state index in [4.69, 9.17) is 0 Å². The van der Waals surface area contributed by atoms with E-state index in [-0.39, 0.29) is 17.4 Å². The molecule has 0 aliphatic rings. The van der Waals surface area contributed by atoms with Gasteiger partial charge in [-0.05, 0) is 40.7 Å². The molecule has 1 rings (SSSR count). The molecule has 20 heavy (non-hydrogen) atoms. The molecule has 0 fully saturated rings. The molecule has 0 spiro atoms. The summed E-state index contributed by atoms with van der Waals surface area (Å²) in [7, 11) is 0. The van der Waals surface area contributed by atoms with Crippen molar-refractivity contribution in [2.24, 2.45) is 0 Å². The van der Waals surface area contributed by atoms with Gasteiger partial charge in [0.2, 0.25) is 0 Å². The molecule has 3 nitrogen and oxygen atoms in total. The van der Waals surface area contributed by atoms with Gasteiger partial charge in [-0.15, -0.1) is 6.58 Å². The fraction of sp³-hybridized carbons (Fsp3) is 0.562. The molecule has 1 aromatic heterocycles. The molecular weight excluding hydrogens is 253 g/mol. The predicted octanol–water partition coefficient (Wildman–Crippen LogP) is 3.51. The van der Waals surface area contributed by atoms with Crippen molar-refractivity contribution >= 4 is 5.82 Å². The fourth-order valence-electron chi connectivity index (χ4n) is 1.90. The highest BCUT2D eigenvalue weighted by molar-refractivity contribution is 5.48. The molecule has 0 radical (unpaired) electrons. The number of anilines is 1. The highest BCUT2D eigenvalue weighted by Gasteiger charge is 2.17. The van der Waals surface area contributed by atoms with Crippen LogP contribution in [-0.4, -0.2) is 23.1 Å². The van der Waals surface area contributed by atoms with Crippen LogP contribution in [0.4, 0.5) is 10.2 Å². The van der Waals surface area contributed by atoms with Crippen LogP contribution in [0.1, 0.15) is 40.2 Å². The van der Waals surface area contributed by atoms with Crippen LogP contribution in [0.5, 0.6) is 0 Å². The number of aromatic nitrogens is 1. The zero-order valence-electron chi connectivity index (χ0n) is 13.2. The number of hydrogen-bond acceptors (Lipinski definition) is 3. The molecule has 0 aliphatic heterocycles. The van der Waals surface area contributed by atoms with E-state index in [1.807, 2.05) is 6.08 Å². The number of nitrogens with zero attached hydrogens (tertiary/aromatic N) is 2. The maximum absolute atomic E-state index is 13.5. The molecule has 1 N–H and O–H groups in total. The number of hydrogen-bond donors (Lipinski definition) is 1. The van der Waals surface area contributed by atoms with Crippen molar-refractivity contribution in [2.75, 3.05) is 11.4 Å². The van der Waals surface area contributed by atoms with E-state index in [1.54, 1.807) is 6.07 Å². The van der Waals surface area contributed by atoms with E-state index in [0.717, 1.165) is 11.4 Å². The van der Waals surface area contributed by atoms with E-state index in [9.17, 15) is 4.39 Å². The first kappa shape index (κ1) is 16.6. The molecule has 0 amide bonds. The smallest absolute Gasteiger partial charge is 0.141 e. The molecule has 4 heteroatoms. The van der Waals surface area contributed by atoms with Gasteiger partial charge < -0.3 is 10.2 Å². The van der Waals surface area contributed by atoms with Crippen LogP contribution < -0.4 is 10.2 Å². The monoisotopic (exact) mass is 279 g/mol. The Morgan fingerprint density at radius 2 is 2.10 bits per heavy atom. The second-order valence-electron chi connectivity index (χ2n) is 6.27. The highest BCUT2D eigenvalue weighted by atomic mass is 19.1. The first-order valence-electron chi connectivity index (χ1n) is 7.01. The summed E-state index contributed by atoms with van der Waals surface area (Å²) in [6, 6.07) is 1.83. The number of rotatable bonds is 6. The van der Waals surface area contributed by atoms with Crippen LogP contribution in [0, 0.1) is 5.82 Å². The van der Waals surface area contributed by atoms with Gasteiger partial charge in [-0.25, -0.2) is 9.37 Å². The molecule has 0 atom stereocenters. The van der Waals surface area contributed by atoms with Crippen molar-refractivity contribution in [2.45, 2.75) is 52.7 Å². The van der Waals surface area contributed by atoms with Gasteiger partial charge in [0, 0.05) is 30.2 Å². The Morgan fingerprint density at radius 3 is 2.60 bits per heavy atom. The second kappa shape index (κ2) is 6.84. The molecule has 0 saturated heterocycles. The Labute approximate surface area is 121 Å². The Bertz CT molecular complexity index is 450. The van der Waals surface area contributed by atoms with Gasteiger partial charge >= 0.3 is 0 Å². The van der Waals surface area contributed by atoms with Gasteiger partial charge in [0.25, 0.3) is 0 Å². The molecule has 0 aromatic carbocycles. The SMILES string of the molecule is C=CCN(c1ncc(F)cc1CNC(C)(C)C)C(C)C. The minimum Gasteiger partial charge on any atom is -0.350 e. The molecular formula is C16H26FN3. The molecule has 0 unspecified atom stereocenters. The van der Waals surface area contributed by atoms with Crippen LogP contribution in [-0.2, 0) is 6.54 Å². The second-order valence-corrected chi connectivity index (χ2v) is 6.27. The van der Waals surface area contributed by atoms with Crippen molar-refractivity contribution in [3.63, 3.8) is 0 Å². The Hall–Kier alpha value is -1.42. The van der Waals surface area contributed by atoms with Crippen molar-refractivity contribution in [3.8, 4) is 0 Å². The van der Waals surface area contributed by atoms with Gasteiger partial charge in [0.05, 0.1) is 6.20 Å². The first-order valence-corrected chi connectivity index (χ1v) is 7.01. The average Bonchev–Trinajstić information content (AvgIpc) is 2.33. The lowest BCUT2D eigenvalue weighted by Gasteiger charge is -2.29. The average molecular weight is 279 g/mol. The molecule has 1 aromatic rings.